The number of carbonyl (C=O) groups is 1. The first-order valence-electron chi connectivity index (χ1n) is 12.0. The Balaban J connectivity index is 0.00000294. The van der Waals surface area contributed by atoms with Gasteiger partial charge in [0.05, 0.1) is 12.3 Å². The Labute approximate surface area is 228 Å². The Kier molecular flexibility index (Phi) is 7.82. The monoisotopic (exact) mass is 554 g/mol. The van der Waals surface area contributed by atoms with Gasteiger partial charge in [-0.2, -0.15) is 8.42 Å². The average molecular weight is 555 g/mol. The number of halogens is 1. The van der Waals surface area contributed by atoms with E-state index in [0.717, 1.165) is 16.7 Å². The summed E-state index contributed by atoms with van der Waals surface area (Å²) in [4.78, 5) is 21.5. The van der Waals surface area contributed by atoms with E-state index in [1.54, 1.807) is 13.0 Å². The first kappa shape index (κ1) is 27.5. The van der Waals surface area contributed by atoms with Crippen LogP contribution in [-0.4, -0.2) is 30.9 Å². The molecule has 206 valence electrons. The molecule has 0 saturated carbocycles. The van der Waals surface area contributed by atoms with E-state index in [2.05, 4.69) is 9.97 Å². The van der Waals surface area contributed by atoms with Crippen molar-refractivity contribution in [1.82, 2.24) is 14.7 Å². The summed E-state index contributed by atoms with van der Waals surface area (Å²) in [6.07, 6.45) is 0. The number of rotatable bonds is 8. The molecule has 0 unspecified atom stereocenters. The van der Waals surface area contributed by atoms with E-state index in [1.165, 1.54) is 42.5 Å². The Morgan fingerprint density at radius 2 is 1.74 bits per heavy atom. The molecule has 2 aromatic carbocycles. The van der Waals surface area contributed by atoms with Crippen molar-refractivity contribution in [2.24, 2.45) is 0 Å². The van der Waals surface area contributed by atoms with E-state index >= 15 is 0 Å². The first-order valence-corrected chi connectivity index (χ1v) is 13.5. The number of nitrogens with one attached hydrogen (secondary N) is 1. The second-order valence-corrected chi connectivity index (χ2v) is 10.5. The van der Waals surface area contributed by atoms with Crippen LogP contribution in [0, 0.1) is 26.6 Å². The van der Waals surface area contributed by atoms with E-state index in [9.17, 15) is 17.6 Å². The molecular formula is C28H31FN4O5S. The molecule has 3 N–H and O–H groups in total. The molecule has 0 aliphatic rings. The molecule has 4 rings (SSSR count). The fourth-order valence-electron chi connectivity index (χ4n) is 4.05. The Morgan fingerprint density at radius 3 is 2.41 bits per heavy atom. The van der Waals surface area contributed by atoms with Crippen LogP contribution in [0.3, 0.4) is 0 Å². The Hall–Kier alpha value is -4.51. The highest BCUT2D eigenvalue weighted by molar-refractivity contribution is 7.90. The number of anilines is 1. The van der Waals surface area contributed by atoms with Gasteiger partial charge in [-0.25, -0.2) is 19.1 Å². The van der Waals surface area contributed by atoms with Gasteiger partial charge in [-0.05, 0) is 75.2 Å². The Bertz CT molecular complexity index is 1660. The number of aryl methyl sites for hydroxylation is 3. The lowest BCUT2D eigenvalue weighted by Gasteiger charge is -2.16. The predicted octanol–water partition coefficient (Wildman–Crippen LogP) is 5.59. The first-order chi connectivity index (χ1) is 18.5. The number of amides is 1. The minimum atomic E-state index is -4.36. The molecule has 0 aliphatic heterocycles. The molecule has 0 spiro atoms. The normalized spacial score (nSPS) is 11.2. The summed E-state index contributed by atoms with van der Waals surface area (Å²) >= 11 is 0. The van der Waals surface area contributed by atoms with Crippen molar-refractivity contribution in [3.8, 4) is 28.6 Å². The van der Waals surface area contributed by atoms with Gasteiger partial charge in [0.2, 0.25) is 5.88 Å². The summed E-state index contributed by atoms with van der Waals surface area (Å²) in [6.45, 7) is 7.75. The number of nitrogen functional groups attached to an aromatic ring is 1. The summed E-state index contributed by atoms with van der Waals surface area (Å²) in [5, 5.41) is -0.420. The van der Waals surface area contributed by atoms with Gasteiger partial charge in [-0.15, -0.1) is 0 Å². The minimum Gasteiger partial charge on any atom is -0.494 e. The molecule has 1 amide bonds. The van der Waals surface area contributed by atoms with Crippen LogP contribution in [0.5, 0.6) is 17.4 Å². The molecule has 4 aromatic rings. The summed E-state index contributed by atoms with van der Waals surface area (Å²) in [6, 6.07) is 14.8. The fourth-order valence-corrected chi connectivity index (χ4v) is 4.99. The molecule has 9 nitrogen and oxygen atoms in total. The molecule has 0 saturated heterocycles. The van der Waals surface area contributed by atoms with Gasteiger partial charge in [0.15, 0.2) is 5.03 Å². The van der Waals surface area contributed by atoms with Crippen LogP contribution in [-0.2, 0) is 10.0 Å². The van der Waals surface area contributed by atoms with E-state index in [0.29, 0.717) is 23.7 Å². The lowest BCUT2D eigenvalue weighted by atomic mass is 10.1. The van der Waals surface area contributed by atoms with E-state index in [1.807, 2.05) is 37.6 Å². The van der Waals surface area contributed by atoms with Crippen LogP contribution < -0.4 is 19.9 Å². The van der Waals surface area contributed by atoms with Crippen molar-refractivity contribution in [3.63, 3.8) is 0 Å². The minimum absolute atomic E-state index is 0. The molecule has 39 heavy (non-hydrogen) atoms. The van der Waals surface area contributed by atoms with Gasteiger partial charge in [-0.3, -0.25) is 4.79 Å². The quantitative estimate of drug-likeness (QED) is 0.288. The lowest BCUT2D eigenvalue weighted by Crippen LogP contribution is -2.31. The number of ether oxygens (including phenoxy) is 2. The molecule has 2 heterocycles. The summed E-state index contributed by atoms with van der Waals surface area (Å²) in [5.74, 6) is -0.957. The zero-order valence-corrected chi connectivity index (χ0v) is 22.6. The zero-order valence-electron chi connectivity index (χ0n) is 21.8. The molecule has 0 fully saturated rings. The van der Waals surface area contributed by atoms with Crippen LogP contribution in [0.2, 0.25) is 0 Å². The molecule has 0 atom stereocenters. The number of benzene rings is 2. The molecule has 0 radical (unpaired) electrons. The van der Waals surface area contributed by atoms with Crippen LogP contribution >= 0.6 is 0 Å². The second-order valence-electron chi connectivity index (χ2n) is 8.82. The fraction of sp³-hybridized carbons (Fsp3) is 0.179. The smallest absolute Gasteiger partial charge is 0.281 e. The van der Waals surface area contributed by atoms with Crippen molar-refractivity contribution in [1.29, 1.82) is 0 Å². The standard InChI is InChI=1S/C28H27FN4O5S.2H2/c1-5-37-21-14-19(13-20(29)15-21)23-10-9-22(27(34)33-39(35,36)25-8-6-7-24(30)32-25)28(31-23)38-26-17(3)11-16(2)12-18(26)4;;/h6-15H,5H2,1-4H3,(H2,30,32)(H,33,34);2*1H. The highest BCUT2D eigenvalue weighted by Gasteiger charge is 2.25. The largest absolute Gasteiger partial charge is 0.494 e. The number of sulfonamides is 1. The topological polar surface area (TPSA) is 134 Å². The third kappa shape index (κ3) is 6.32. The van der Waals surface area contributed by atoms with E-state index in [4.69, 9.17) is 15.2 Å². The van der Waals surface area contributed by atoms with Gasteiger partial charge < -0.3 is 15.2 Å². The molecule has 0 bridgehead atoms. The maximum absolute atomic E-state index is 14.3. The number of hydrogen-bond donors (Lipinski definition) is 2. The maximum atomic E-state index is 14.3. The van der Waals surface area contributed by atoms with Crippen LogP contribution in [0.4, 0.5) is 10.2 Å². The van der Waals surface area contributed by atoms with Crippen LogP contribution in [0.1, 0.15) is 36.8 Å². The van der Waals surface area contributed by atoms with Gasteiger partial charge in [-0.1, -0.05) is 23.8 Å². The van der Waals surface area contributed by atoms with Gasteiger partial charge >= 0.3 is 0 Å². The van der Waals surface area contributed by atoms with Crippen molar-refractivity contribution in [3.05, 3.63) is 88.7 Å². The molecule has 11 heteroatoms. The summed E-state index contributed by atoms with van der Waals surface area (Å²) in [7, 11) is -4.36. The van der Waals surface area contributed by atoms with Crippen molar-refractivity contribution in [2.45, 2.75) is 32.7 Å². The number of aromatic nitrogens is 2. The highest BCUT2D eigenvalue weighted by atomic mass is 32.2. The van der Waals surface area contributed by atoms with E-state index in [-0.39, 0.29) is 25.8 Å². The van der Waals surface area contributed by atoms with Crippen LogP contribution in [0.15, 0.2) is 65.7 Å². The SMILES string of the molecule is CCOc1cc(F)cc(-c2ccc(C(=O)NS(=O)(=O)c3cccc(N)n3)c(Oc3c(C)cc(C)cc3C)n2)c1.[HH].[HH]. The molecule has 2 aromatic heterocycles. The van der Waals surface area contributed by atoms with Crippen molar-refractivity contribution >= 4 is 21.7 Å². The van der Waals surface area contributed by atoms with Gasteiger partial charge in [0.25, 0.3) is 15.9 Å². The number of carbonyl (C=O) groups excluding carboxylic acids is 1. The lowest BCUT2D eigenvalue weighted by molar-refractivity contribution is 0.0978. The number of pyridine rings is 2. The molecule has 0 aliphatic carbocycles. The third-order valence-electron chi connectivity index (χ3n) is 5.63. The number of nitrogens with zero attached hydrogens (tertiary/aromatic N) is 2. The summed E-state index contributed by atoms with van der Waals surface area (Å²) in [5.41, 5.74) is 8.69. The second kappa shape index (κ2) is 11.1. The van der Waals surface area contributed by atoms with Crippen molar-refractivity contribution < 1.29 is 29.9 Å². The average Bonchev–Trinajstić information content (AvgIpc) is 2.85. The van der Waals surface area contributed by atoms with Gasteiger partial charge in [0, 0.05) is 14.5 Å². The van der Waals surface area contributed by atoms with Crippen LogP contribution in [0.25, 0.3) is 11.3 Å². The Morgan fingerprint density at radius 1 is 1.03 bits per heavy atom. The predicted molar refractivity (Wildman–Crippen MR) is 149 cm³/mol. The summed E-state index contributed by atoms with van der Waals surface area (Å²) < 4.78 is 53.6. The number of hydrogen-bond acceptors (Lipinski definition) is 8. The molecular weight excluding hydrogens is 523 g/mol. The zero-order chi connectivity index (χ0) is 28.3. The highest BCUT2D eigenvalue weighted by Crippen LogP contribution is 2.33. The maximum Gasteiger partial charge on any atom is 0.281 e. The third-order valence-corrected chi connectivity index (χ3v) is 6.87. The number of nitrogens with two attached hydrogens (primary N) is 1. The van der Waals surface area contributed by atoms with Crippen molar-refractivity contribution in [2.75, 3.05) is 12.3 Å². The van der Waals surface area contributed by atoms with Gasteiger partial charge in [0.1, 0.15) is 28.7 Å². The van der Waals surface area contributed by atoms with E-state index < -0.39 is 26.8 Å².